The molecular weight excluding hydrogens is 691 g/mol. The second kappa shape index (κ2) is 13.0. The molecule has 3 nitrogen and oxygen atoms in total. The van der Waals surface area contributed by atoms with Gasteiger partial charge in [0.1, 0.15) is 0 Å². The molecule has 0 bridgehead atoms. The van der Waals surface area contributed by atoms with Crippen LogP contribution in [0.5, 0.6) is 0 Å². The van der Waals surface area contributed by atoms with E-state index in [9.17, 15) is 5.26 Å². The van der Waals surface area contributed by atoms with Crippen LogP contribution in [0, 0.1) is 11.3 Å². The van der Waals surface area contributed by atoms with Crippen LogP contribution in [-0.2, 0) is 5.41 Å². The second-order valence-corrected chi connectivity index (χ2v) is 14.8. The van der Waals surface area contributed by atoms with Crippen molar-refractivity contribution in [2.75, 3.05) is 0 Å². The average Bonchev–Trinajstić information content (AvgIpc) is 3.76. The van der Waals surface area contributed by atoms with Crippen molar-refractivity contribution in [3.8, 4) is 84.5 Å². The number of nitriles is 1. The monoisotopic (exact) mass is 723 g/mol. The van der Waals surface area contributed by atoms with Gasteiger partial charge in [-0.1, -0.05) is 170 Å². The van der Waals surface area contributed by atoms with Gasteiger partial charge in [-0.3, -0.25) is 0 Å². The quantitative estimate of drug-likeness (QED) is 0.178. The molecule has 264 valence electrons. The van der Waals surface area contributed by atoms with E-state index in [1.54, 1.807) is 0 Å². The molecule has 0 saturated heterocycles. The van der Waals surface area contributed by atoms with Gasteiger partial charge in [-0.15, -0.1) is 0 Å². The van der Waals surface area contributed by atoms with E-state index >= 15 is 0 Å². The third-order valence-electron chi connectivity index (χ3n) is 11.8. The lowest BCUT2D eigenvalue weighted by Gasteiger charge is -2.30. The van der Waals surface area contributed by atoms with Gasteiger partial charge >= 0.3 is 0 Å². The van der Waals surface area contributed by atoms with E-state index in [2.05, 4.69) is 176 Å². The highest BCUT2D eigenvalue weighted by Crippen LogP contribution is 2.63. The largest absolute Gasteiger partial charge is 0.228 e. The number of aromatic nitrogens is 2. The van der Waals surface area contributed by atoms with Gasteiger partial charge in [-0.25, -0.2) is 9.97 Å². The van der Waals surface area contributed by atoms with Crippen LogP contribution in [0.25, 0.3) is 78.4 Å². The minimum Gasteiger partial charge on any atom is -0.228 e. The maximum atomic E-state index is 10.1. The summed E-state index contributed by atoms with van der Waals surface area (Å²) in [5, 5.41) is 10.1. The Bertz CT molecular complexity index is 3020. The third kappa shape index (κ3) is 5.12. The second-order valence-electron chi connectivity index (χ2n) is 14.8. The Labute approximate surface area is 331 Å². The SMILES string of the molecule is N#Cc1ccc2c(c1)C1(c3ccccc3-c3ccccc31)c1ccc(-c3cccc(-c4cc(-c5ccc(-c6ccccc6)cc5)nc(-c5ccccc5)n4)c3)cc1-2. The Morgan fingerprint density at radius 2 is 0.842 bits per heavy atom. The molecule has 9 aromatic rings. The molecule has 2 aliphatic carbocycles. The van der Waals surface area contributed by atoms with Gasteiger partial charge in [0, 0.05) is 16.7 Å². The molecular formula is C54H33N3. The van der Waals surface area contributed by atoms with Crippen LogP contribution in [0.2, 0.25) is 0 Å². The molecule has 0 N–H and O–H groups in total. The van der Waals surface area contributed by atoms with Crippen molar-refractivity contribution in [2.24, 2.45) is 0 Å². The Kier molecular flexibility index (Phi) is 7.45. The summed E-state index contributed by atoms with van der Waals surface area (Å²) in [5.74, 6) is 0.689. The summed E-state index contributed by atoms with van der Waals surface area (Å²) in [6.45, 7) is 0. The molecule has 3 heteroatoms. The van der Waals surface area contributed by atoms with E-state index in [-0.39, 0.29) is 0 Å². The van der Waals surface area contributed by atoms with E-state index in [0.29, 0.717) is 11.4 Å². The van der Waals surface area contributed by atoms with Crippen molar-refractivity contribution < 1.29 is 0 Å². The zero-order chi connectivity index (χ0) is 37.9. The summed E-state index contributed by atoms with van der Waals surface area (Å²) in [6, 6.07) is 73.1. The Hall–Kier alpha value is -7.67. The maximum Gasteiger partial charge on any atom is 0.160 e. The van der Waals surface area contributed by atoms with Crippen LogP contribution in [0.4, 0.5) is 0 Å². The summed E-state index contributed by atoms with van der Waals surface area (Å²) in [7, 11) is 0. The molecule has 0 unspecified atom stereocenters. The van der Waals surface area contributed by atoms with Gasteiger partial charge in [0.05, 0.1) is 28.4 Å². The molecule has 11 rings (SSSR count). The van der Waals surface area contributed by atoms with E-state index in [4.69, 9.17) is 9.97 Å². The smallest absolute Gasteiger partial charge is 0.160 e. The summed E-state index contributed by atoms with van der Waals surface area (Å²) >= 11 is 0. The predicted molar refractivity (Wildman–Crippen MR) is 230 cm³/mol. The predicted octanol–water partition coefficient (Wildman–Crippen LogP) is 13.0. The van der Waals surface area contributed by atoms with Gasteiger partial charge in [0.2, 0.25) is 0 Å². The highest BCUT2D eigenvalue weighted by Gasteiger charge is 2.51. The topological polar surface area (TPSA) is 49.6 Å². The minimum atomic E-state index is -0.504. The molecule has 0 aliphatic heterocycles. The fraction of sp³-hybridized carbons (Fsp3) is 0.0185. The molecule has 57 heavy (non-hydrogen) atoms. The van der Waals surface area contributed by atoms with Crippen molar-refractivity contribution in [1.29, 1.82) is 5.26 Å². The molecule has 1 spiro atoms. The first-order valence-electron chi connectivity index (χ1n) is 19.3. The number of hydrogen-bond donors (Lipinski definition) is 0. The molecule has 0 fully saturated rings. The zero-order valence-electron chi connectivity index (χ0n) is 30.9. The van der Waals surface area contributed by atoms with Crippen LogP contribution in [-0.4, -0.2) is 9.97 Å². The summed E-state index contributed by atoms with van der Waals surface area (Å²) in [5.41, 5.74) is 19.3. The Morgan fingerprint density at radius 1 is 0.333 bits per heavy atom. The number of nitrogens with zero attached hydrogens (tertiary/aromatic N) is 3. The van der Waals surface area contributed by atoms with Crippen molar-refractivity contribution in [1.82, 2.24) is 9.97 Å². The number of benzene rings is 8. The fourth-order valence-electron chi connectivity index (χ4n) is 9.17. The van der Waals surface area contributed by atoms with Crippen LogP contribution in [0.3, 0.4) is 0 Å². The summed E-state index contributed by atoms with van der Waals surface area (Å²) < 4.78 is 0. The Morgan fingerprint density at radius 3 is 1.54 bits per heavy atom. The lowest BCUT2D eigenvalue weighted by molar-refractivity contribution is 0.793. The van der Waals surface area contributed by atoms with Crippen molar-refractivity contribution >= 4 is 0 Å². The molecule has 0 atom stereocenters. The van der Waals surface area contributed by atoms with E-state index < -0.39 is 5.41 Å². The fourth-order valence-corrected chi connectivity index (χ4v) is 9.17. The number of rotatable bonds is 5. The van der Waals surface area contributed by atoms with Crippen LogP contribution in [0.1, 0.15) is 27.8 Å². The standard InChI is InChI=1S/C54H33N3/c55-34-35-22-28-45-46-32-41(27-29-49(46)54(50(45)30-35)47-20-9-7-18-43(47)44-19-8-10-21-48(44)54)40-16-11-17-42(31-40)52-33-51(56-53(57-52)39-14-5-2-6-15-39)38-25-23-37(24-26-38)36-12-3-1-4-13-36/h1-33H. The van der Waals surface area contributed by atoms with Gasteiger partial charge in [-0.05, 0) is 97.1 Å². The van der Waals surface area contributed by atoms with Crippen molar-refractivity contribution in [3.63, 3.8) is 0 Å². The third-order valence-corrected chi connectivity index (χ3v) is 11.8. The first kappa shape index (κ1) is 32.7. The summed E-state index contributed by atoms with van der Waals surface area (Å²) in [6.07, 6.45) is 0. The van der Waals surface area contributed by atoms with Gasteiger partial charge in [-0.2, -0.15) is 5.26 Å². The van der Waals surface area contributed by atoms with Gasteiger partial charge in [0.15, 0.2) is 5.82 Å². The van der Waals surface area contributed by atoms with Crippen LogP contribution < -0.4 is 0 Å². The first-order chi connectivity index (χ1) is 28.2. The zero-order valence-corrected chi connectivity index (χ0v) is 30.9. The molecule has 2 aliphatic rings. The molecule has 0 saturated carbocycles. The molecule has 0 radical (unpaired) electrons. The van der Waals surface area contributed by atoms with E-state index in [0.717, 1.165) is 39.2 Å². The highest BCUT2D eigenvalue weighted by atomic mass is 14.9. The lowest BCUT2D eigenvalue weighted by atomic mass is 9.70. The van der Waals surface area contributed by atoms with Gasteiger partial charge < -0.3 is 0 Å². The van der Waals surface area contributed by atoms with Gasteiger partial charge in [0.25, 0.3) is 0 Å². The number of hydrogen-bond acceptors (Lipinski definition) is 3. The minimum absolute atomic E-state index is 0.504. The van der Waals surface area contributed by atoms with E-state index in [1.165, 1.54) is 55.6 Å². The molecule has 1 heterocycles. The maximum absolute atomic E-state index is 10.1. The first-order valence-corrected chi connectivity index (χ1v) is 19.3. The van der Waals surface area contributed by atoms with Crippen molar-refractivity contribution in [2.45, 2.75) is 5.41 Å². The van der Waals surface area contributed by atoms with Crippen molar-refractivity contribution in [3.05, 3.63) is 228 Å². The molecule has 8 aromatic carbocycles. The number of fused-ring (bicyclic) bond motifs is 10. The molecule has 0 amide bonds. The highest BCUT2D eigenvalue weighted by molar-refractivity contribution is 5.96. The Balaban J connectivity index is 1.04. The average molecular weight is 724 g/mol. The van der Waals surface area contributed by atoms with Crippen LogP contribution >= 0.6 is 0 Å². The van der Waals surface area contributed by atoms with E-state index in [1.807, 2.05) is 30.3 Å². The summed E-state index contributed by atoms with van der Waals surface area (Å²) in [4.78, 5) is 10.2. The molecule has 1 aromatic heterocycles. The normalized spacial score (nSPS) is 12.7. The lowest BCUT2D eigenvalue weighted by Crippen LogP contribution is -2.25. The van der Waals surface area contributed by atoms with Crippen LogP contribution in [0.15, 0.2) is 200 Å².